The van der Waals surface area contributed by atoms with E-state index in [4.69, 9.17) is 5.11 Å². The van der Waals surface area contributed by atoms with Crippen molar-refractivity contribution >= 4 is 11.9 Å². The summed E-state index contributed by atoms with van der Waals surface area (Å²) < 4.78 is 0. The van der Waals surface area contributed by atoms with Crippen LogP contribution in [0, 0.1) is 5.92 Å². The van der Waals surface area contributed by atoms with Gasteiger partial charge in [-0.1, -0.05) is 6.92 Å². The van der Waals surface area contributed by atoms with Crippen LogP contribution in [-0.4, -0.2) is 35.0 Å². The molecule has 4 nitrogen and oxygen atoms in total. The Balaban J connectivity index is 2.30. The van der Waals surface area contributed by atoms with Crippen LogP contribution in [0.3, 0.4) is 0 Å². The third kappa shape index (κ3) is 4.32. The van der Waals surface area contributed by atoms with E-state index in [1.807, 2.05) is 11.8 Å². The smallest absolute Gasteiger partial charge is 0.303 e. The van der Waals surface area contributed by atoms with Crippen LogP contribution in [0.25, 0.3) is 0 Å². The predicted molar refractivity (Wildman–Crippen MR) is 56.5 cm³/mol. The first-order chi connectivity index (χ1) is 7.09. The topological polar surface area (TPSA) is 57.6 Å². The van der Waals surface area contributed by atoms with Crippen molar-refractivity contribution in [2.75, 3.05) is 13.1 Å². The lowest BCUT2D eigenvalue weighted by Gasteiger charge is -2.27. The maximum Gasteiger partial charge on any atom is 0.303 e. The summed E-state index contributed by atoms with van der Waals surface area (Å²) in [7, 11) is 0. The number of carboxylic acid groups (broad SMARTS) is 1. The Labute approximate surface area is 90.3 Å². The Morgan fingerprint density at radius 1 is 1.20 bits per heavy atom. The minimum absolute atomic E-state index is 0.0584. The number of rotatable bonds is 4. The van der Waals surface area contributed by atoms with Gasteiger partial charge in [0.15, 0.2) is 0 Å². The number of carboxylic acids is 1. The van der Waals surface area contributed by atoms with Crippen LogP contribution in [-0.2, 0) is 9.59 Å². The van der Waals surface area contributed by atoms with Gasteiger partial charge in [0.25, 0.3) is 0 Å². The van der Waals surface area contributed by atoms with Gasteiger partial charge < -0.3 is 10.0 Å². The van der Waals surface area contributed by atoms with E-state index < -0.39 is 5.97 Å². The molecule has 0 aromatic carbocycles. The molecule has 15 heavy (non-hydrogen) atoms. The fourth-order valence-corrected chi connectivity index (χ4v) is 1.94. The van der Waals surface area contributed by atoms with Crippen molar-refractivity contribution in [1.82, 2.24) is 4.90 Å². The first kappa shape index (κ1) is 12.0. The minimum Gasteiger partial charge on any atom is -0.481 e. The average molecular weight is 213 g/mol. The number of likely N-dealkylation sites (tertiary alicyclic amines) is 1. The molecule has 1 fully saturated rings. The molecule has 1 heterocycles. The zero-order valence-electron chi connectivity index (χ0n) is 9.24. The molecule has 0 saturated carbocycles. The third-order valence-corrected chi connectivity index (χ3v) is 2.75. The highest BCUT2D eigenvalue weighted by molar-refractivity contribution is 5.77. The molecule has 4 heteroatoms. The van der Waals surface area contributed by atoms with Crippen LogP contribution in [0.2, 0.25) is 0 Å². The summed E-state index contributed by atoms with van der Waals surface area (Å²) in [5.74, 6) is -0.769. The summed E-state index contributed by atoms with van der Waals surface area (Å²) >= 11 is 0. The fourth-order valence-electron chi connectivity index (χ4n) is 1.94. The second-order valence-electron chi connectivity index (χ2n) is 4.35. The molecule has 0 aromatic rings. The average Bonchev–Trinajstić information content (AvgIpc) is 2.17. The molecule has 1 atom stereocenters. The van der Waals surface area contributed by atoms with Gasteiger partial charge in [-0.15, -0.1) is 0 Å². The minimum atomic E-state index is -0.825. The van der Waals surface area contributed by atoms with Crippen LogP contribution in [0.5, 0.6) is 0 Å². The number of hydrogen-bond donors (Lipinski definition) is 1. The van der Waals surface area contributed by atoms with Gasteiger partial charge in [-0.2, -0.15) is 0 Å². The lowest BCUT2D eigenvalue weighted by Crippen LogP contribution is -2.36. The fraction of sp³-hybridized carbons (Fsp3) is 0.818. The molecule has 0 aliphatic carbocycles. The summed E-state index contributed by atoms with van der Waals surface area (Å²) in [5, 5.41) is 8.58. The van der Waals surface area contributed by atoms with E-state index in [-0.39, 0.29) is 18.2 Å². The van der Waals surface area contributed by atoms with E-state index in [0.29, 0.717) is 6.42 Å². The summed E-state index contributed by atoms with van der Waals surface area (Å²) in [6.07, 6.45) is 3.82. The van der Waals surface area contributed by atoms with Crippen LogP contribution in [0.1, 0.15) is 39.0 Å². The summed E-state index contributed by atoms with van der Waals surface area (Å²) in [4.78, 5) is 24.0. The molecule has 1 N–H and O–H groups in total. The SMILES string of the molecule is C[C@@H](CC(=O)O)CC(=O)N1CCCCC1. The van der Waals surface area contributed by atoms with E-state index >= 15 is 0 Å². The zero-order valence-corrected chi connectivity index (χ0v) is 9.24. The molecule has 0 radical (unpaired) electrons. The molecule has 0 unspecified atom stereocenters. The van der Waals surface area contributed by atoms with Crippen molar-refractivity contribution in [2.24, 2.45) is 5.92 Å². The molecular formula is C11H19NO3. The van der Waals surface area contributed by atoms with Crippen molar-refractivity contribution in [3.8, 4) is 0 Å². The lowest BCUT2D eigenvalue weighted by molar-refractivity contribution is -0.138. The van der Waals surface area contributed by atoms with Crippen LogP contribution in [0.15, 0.2) is 0 Å². The Bertz CT molecular complexity index is 234. The highest BCUT2D eigenvalue weighted by Crippen LogP contribution is 2.14. The highest BCUT2D eigenvalue weighted by atomic mass is 16.4. The maximum absolute atomic E-state index is 11.7. The third-order valence-electron chi connectivity index (χ3n) is 2.75. The maximum atomic E-state index is 11.7. The second-order valence-corrected chi connectivity index (χ2v) is 4.35. The molecule has 1 rings (SSSR count). The Morgan fingerprint density at radius 2 is 1.80 bits per heavy atom. The van der Waals surface area contributed by atoms with Crippen LogP contribution < -0.4 is 0 Å². The molecule has 0 aromatic heterocycles. The van der Waals surface area contributed by atoms with E-state index in [9.17, 15) is 9.59 Å². The Morgan fingerprint density at radius 3 is 2.33 bits per heavy atom. The zero-order chi connectivity index (χ0) is 11.3. The molecule has 1 amide bonds. The van der Waals surface area contributed by atoms with Gasteiger partial charge >= 0.3 is 5.97 Å². The van der Waals surface area contributed by atoms with Crippen molar-refractivity contribution in [1.29, 1.82) is 0 Å². The number of carbonyl (C=O) groups is 2. The Kier molecular flexibility index (Phi) is 4.59. The van der Waals surface area contributed by atoms with Crippen molar-refractivity contribution in [3.05, 3.63) is 0 Å². The molecule has 1 aliphatic heterocycles. The number of nitrogens with zero attached hydrogens (tertiary/aromatic N) is 1. The number of carbonyl (C=O) groups excluding carboxylic acids is 1. The van der Waals surface area contributed by atoms with Gasteiger partial charge in [-0.3, -0.25) is 9.59 Å². The number of aliphatic carboxylic acids is 1. The highest BCUT2D eigenvalue weighted by Gasteiger charge is 2.19. The molecule has 86 valence electrons. The number of hydrogen-bond acceptors (Lipinski definition) is 2. The van der Waals surface area contributed by atoms with E-state index in [2.05, 4.69) is 0 Å². The summed E-state index contributed by atoms with van der Waals surface area (Å²) in [5.41, 5.74) is 0. The summed E-state index contributed by atoms with van der Waals surface area (Å²) in [6, 6.07) is 0. The normalized spacial score (nSPS) is 18.6. The summed E-state index contributed by atoms with van der Waals surface area (Å²) in [6.45, 7) is 3.51. The molecule has 0 spiro atoms. The molecule has 0 bridgehead atoms. The van der Waals surface area contributed by atoms with Gasteiger partial charge in [-0.25, -0.2) is 0 Å². The van der Waals surface area contributed by atoms with E-state index in [1.165, 1.54) is 6.42 Å². The predicted octanol–water partition coefficient (Wildman–Crippen LogP) is 1.50. The first-order valence-corrected chi connectivity index (χ1v) is 5.59. The van der Waals surface area contributed by atoms with Crippen LogP contribution >= 0.6 is 0 Å². The Hall–Kier alpha value is -1.06. The molecular weight excluding hydrogens is 194 g/mol. The number of amides is 1. The quantitative estimate of drug-likeness (QED) is 0.770. The number of piperidine rings is 1. The molecule has 1 aliphatic rings. The van der Waals surface area contributed by atoms with Gasteiger partial charge in [-0.05, 0) is 25.2 Å². The van der Waals surface area contributed by atoms with Gasteiger partial charge in [0.1, 0.15) is 0 Å². The lowest BCUT2D eigenvalue weighted by atomic mass is 10.0. The van der Waals surface area contributed by atoms with Gasteiger partial charge in [0, 0.05) is 25.9 Å². The molecule has 1 saturated heterocycles. The second kappa shape index (κ2) is 5.73. The van der Waals surface area contributed by atoms with E-state index in [1.54, 1.807) is 0 Å². The monoisotopic (exact) mass is 213 g/mol. The van der Waals surface area contributed by atoms with Crippen molar-refractivity contribution in [3.63, 3.8) is 0 Å². The largest absolute Gasteiger partial charge is 0.481 e. The van der Waals surface area contributed by atoms with Crippen molar-refractivity contribution in [2.45, 2.75) is 39.0 Å². The van der Waals surface area contributed by atoms with Crippen molar-refractivity contribution < 1.29 is 14.7 Å². The van der Waals surface area contributed by atoms with Gasteiger partial charge in [0.05, 0.1) is 0 Å². The van der Waals surface area contributed by atoms with E-state index in [0.717, 1.165) is 25.9 Å². The standard InChI is InChI=1S/C11H19NO3/c1-9(8-11(14)15)7-10(13)12-5-3-2-4-6-12/h9H,2-8H2,1H3,(H,14,15)/t9-/m1/s1. The van der Waals surface area contributed by atoms with Gasteiger partial charge in [0.2, 0.25) is 5.91 Å². The first-order valence-electron chi connectivity index (χ1n) is 5.59. The van der Waals surface area contributed by atoms with Crippen LogP contribution in [0.4, 0.5) is 0 Å².